The normalized spacial score (nSPS) is 15.2. The molecule has 97 heavy (non-hydrogen) atoms. The third kappa shape index (κ3) is 24.9. The van der Waals surface area contributed by atoms with Gasteiger partial charge in [-0.25, -0.2) is 4.79 Å². The van der Waals surface area contributed by atoms with Crippen LogP contribution in [0.2, 0.25) is 0 Å². The lowest BCUT2D eigenvalue weighted by atomic mass is 10.00. The molecule has 0 radical (unpaired) electrons. The number of aliphatic hydroxyl groups is 3. The third-order valence-electron chi connectivity index (χ3n) is 15.4. The van der Waals surface area contributed by atoms with Crippen molar-refractivity contribution in [1.29, 1.82) is 0 Å². The van der Waals surface area contributed by atoms with Crippen molar-refractivity contribution in [3.8, 4) is 0 Å². The Morgan fingerprint density at radius 1 is 0.454 bits per heavy atom. The van der Waals surface area contributed by atoms with Crippen LogP contribution in [0.3, 0.4) is 0 Å². The van der Waals surface area contributed by atoms with Crippen LogP contribution in [0.15, 0.2) is 121 Å². The number of hydrogen-bond acceptors (Lipinski definition) is 19. The van der Waals surface area contributed by atoms with Crippen LogP contribution in [0.4, 0.5) is 0 Å². The van der Waals surface area contributed by atoms with Gasteiger partial charge < -0.3 is 95.8 Å². The Morgan fingerprint density at radius 2 is 0.825 bits per heavy atom. The SMILES string of the molecule is C[C@@H](O)[C@H](NC(=O)[C@H](Cc1ccccc1)NC(=O)[C@@H](NC(=O)[C@H](CCCCN)NC(=O)[C@H](Cc1c[nH]c2ccccc12)NC(=O)[C@H](Cc1ccccc1)NC(=O)[C@H](Cc1ccccc1)NC(=O)[C@H](CC(N)=O)NC(=O)[C@@H](N)CS)[C@@H](C)O)C(=O)N[C@@H](CO)C(=O)N[C@@H](CS)C(=O)O. The van der Waals surface area contributed by atoms with Crippen molar-refractivity contribution in [2.24, 2.45) is 17.2 Å². The molecule has 5 aromatic rings. The maximum absolute atomic E-state index is 15.1. The summed E-state index contributed by atoms with van der Waals surface area (Å²) in [6.07, 6.45) is -2.93. The van der Waals surface area contributed by atoms with Crippen LogP contribution in [0.25, 0.3) is 10.9 Å². The molecule has 11 amide bonds. The Kier molecular flexibility index (Phi) is 31.9. The lowest BCUT2D eigenvalue weighted by Crippen LogP contribution is -2.63. The van der Waals surface area contributed by atoms with Crippen molar-refractivity contribution in [3.05, 3.63) is 144 Å². The van der Waals surface area contributed by atoms with Crippen LogP contribution >= 0.6 is 25.3 Å². The average molecular weight is 1380 g/mol. The molecule has 0 spiro atoms. The maximum Gasteiger partial charge on any atom is 0.327 e. The summed E-state index contributed by atoms with van der Waals surface area (Å²) < 4.78 is 0. The number of primary amides is 1. The van der Waals surface area contributed by atoms with E-state index in [0.29, 0.717) is 39.6 Å². The number of carboxylic acid groups (broad SMARTS) is 1. The van der Waals surface area contributed by atoms with E-state index in [1.54, 1.807) is 121 Å². The number of aromatic nitrogens is 1. The number of unbranched alkanes of at least 4 members (excludes halogenated alkanes) is 1. The van der Waals surface area contributed by atoms with Crippen molar-refractivity contribution in [3.63, 3.8) is 0 Å². The highest BCUT2D eigenvalue weighted by Gasteiger charge is 2.38. The number of benzene rings is 4. The molecule has 0 saturated heterocycles. The molecule has 13 atom stereocenters. The zero-order valence-electron chi connectivity index (χ0n) is 53.4. The van der Waals surface area contributed by atoms with Gasteiger partial charge in [-0.1, -0.05) is 109 Å². The number of fused-ring (bicyclic) bond motifs is 1. The van der Waals surface area contributed by atoms with Gasteiger partial charge in [0.15, 0.2) is 0 Å². The van der Waals surface area contributed by atoms with E-state index in [9.17, 15) is 68.4 Å². The topological polar surface area (TPSA) is 500 Å². The number of aliphatic hydroxyl groups excluding tert-OH is 3. The van der Waals surface area contributed by atoms with Gasteiger partial charge in [-0.2, -0.15) is 25.3 Å². The average Bonchev–Trinajstić information content (AvgIpc) is 1.70. The highest BCUT2D eigenvalue weighted by atomic mass is 32.1. The number of aromatic amines is 1. The van der Waals surface area contributed by atoms with Gasteiger partial charge in [-0.15, -0.1) is 0 Å². The molecule has 1 aromatic heterocycles. The van der Waals surface area contributed by atoms with Crippen molar-refractivity contribution >= 4 is 107 Å². The van der Waals surface area contributed by atoms with Crippen LogP contribution in [0.5, 0.6) is 0 Å². The van der Waals surface area contributed by atoms with Crippen LogP contribution in [-0.4, -0.2) is 200 Å². The Bertz CT molecular complexity index is 3480. The second-order valence-corrected chi connectivity index (χ2v) is 23.8. The number of carboxylic acids is 1. The Balaban J connectivity index is 1.46. The smallest absolute Gasteiger partial charge is 0.327 e. The minimum Gasteiger partial charge on any atom is -0.480 e. The summed E-state index contributed by atoms with van der Waals surface area (Å²) in [7, 11) is 0. The number of hydrogen-bond donors (Lipinski definition) is 20. The van der Waals surface area contributed by atoms with Crippen molar-refractivity contribution in [2.45, 2.75) is 144 Å². The molecule has 0 aliphatic heterocycles. The summed E-state index contributed by atoms with van der Waals surface area (Å²) in [5.41, 5.74) is 19.9. The number of carbonyl (C=O) groups excluding carboxylic acids is 11. The number of carbonyl (C=O) groups is 12. The van der Waals surface area contributed by atoms with Crippen LogP contribution in [0, 0.1) is 0 Å². The quantitative estimate of drug-likeness (QED) is 0.0133. The number of para-hydroxylation sites is 1. The third-order valence-corrected chi connectivity index (χ3v) is 16.1. The van der Waals surface area contributed by atoms with Crippen LogP contribution in [-0.2, 0) is 83.2 Å². The van der Waals surface area contributed by atoms with E-state index >= 15 is 9.59 Å². The summed E-state index contributed by atoms with van der Waals surface area (Å²) in [5.74, 6) is -13.1. The number of nitrogens with one attached hydrogen (secondary N) is 11. The number of thiol groups is 2. The zero-order valence-corrected chi connectivity index (χ0v) is 55.1. The molecule has 0 unspecified atom stereocenters. The second kappa shape index (κ2) is 39.6. The number of aliphatic carboxylic acids is 1. The van der Waals surface area contributed by atoms with Gasteiger partial charge in [-0.3, -0.25) is 52.7 Å². The number of nitrogens with two attached hydrogens (primary N) is 3. The van der Waals surface area contributed by atoms with E-state index in [2.05, 4.69) is 83.4 Å². The summed E-state index contributed by atoms with van der Waals surface area (Å²) in [4.78, 5) is 169. The van der Waals surface area contributed by atoms with Gasteiger partial charge in [0.25, 0.3) is 0 Å². The fourth-order valence-electron chi connectivity index (χ4n) is 10.0. The fraction of sp³-hybridized carbons (Fsp3) is 0.415. The summed E-state index contributed by atoms with van der Waals surface area (Å²) in [5, 5.41) is 66.8. The van der Waals surface area contributed by atoms with Crippen molar-refractivity contribution in [1.82, 2.24) is 58.2 Å². The molecular weight excluding hydrogens is 1300 g/mol. The van der Waals surface area contributed by atoms with E-state index < -0.39 is 163 Å². The molecule has 0 fully saturated rings. The predicted molar refractivity (Wildman–Crippen MR) is 362 cm³/mol. The Hall–Kier alpha value is -9.44. The molecule has 1 heterocycles. The summed E-state index contributed by atoms with van der Waals surface area (Å²) in [6.45, 7) is 1.39. The van der Waals surface area contributed by atoms with Crippen LogP contribution < -0.4 is 70.4 Å². The predicted octanol–water partition coefficient (Wildman–Crippen LogP) is -3.68. The molecule has 32 heteroatoms. The van der Waals surface area contributed by atoms with E-state index in [0.717, 1.165) is 13.8 Å². The van der Waals surface area contributed by atoms with Crippen molar-refractivity contribution in [2.75, 3.05) is 24.7 Å². The number of H-pyrrole nitrogens is 1. The lowest BCUT2D eigenvalue weighted by molar-refractivity contribution is -0.142. The monoisotopic (exact) mass is 1380 g/mol. The molecule has 0 bridgehead atoms. The summed E-state index contributed by atoms with van der Waals surface area (Å²) in [6, 6.07) is 14.7. The molecule has 30 nitrogen and oxygen atoms in total. The minimum atomic E-state index is -1.87. The van der Waals surface area contributed by atoms with Gasteiger partial charge in [0.1, 0.15) is 60.4 Å². The van der Waals surface area contributed by atoms with Gasteiger partial charge in [0, 0.05) is 54.3 Å². The van der Waals surface area contributed by atoms with Gasteiger partial charge >= 0.3 is 5.97 Å². The first kappa shape index (κ1) is 78.3. The summed E-state index contributed by atoms with van der Waals surface area (Å²) >= 11 is 7.93. The molecule has 5 rings (SSSR count). The van der Waals surface area contributed by atoms with E-state index in [1.165, 1.54) is 0 Å². The highest BCUT2D eigenvalue weighted by Crippen LogP contribution is 2.20. The van der Waals surface area contributed by atoms with E-state index in [1.807, 2.05) is 0 Å². The molecule has 0 aliphatic carbocycles. The van der Waals surface area contributed by atoms with Gasteiger partial charge in [0.2, 0.25) is 65.0 Å². The maximum atomic E-state index is 15.1. The van der Waals surface area contributed by atoms with Gasteiger partial charge in [-0.05, 0) is 68.0 Å². The number of rotatable bonds is 40. The van der Waals surface area contributed by atoms with E-state index in [-0.39, 0.29) is 56.6 Å². The lowest BCUT2D eigenvalue weighted by Gasteiger charge is -2.29. The highest BCUT2D eigenvalue weighted by molar-refractivity contribution is 7.80. The molecule has 0 aliphatic rings. The fourth-order valence-corrected chi connectivity index (χ4v) is 10.4. The molecule has 21 N–H and O–H groups in total. The van der Waals surface area contributed by atoms with Crippen LogP contribution in [0.1, 0.15) is 61.8 Å². The van der Waals surface area contributed by atoms with Gasteiger partial charge in [0.05, 0.1) is 31.3 Å². The van der Waals surface area contributed by atoms with E-state index in [4.69, 9.17) is 17.2 Å². The molecular formula is C65H86N14O16S2. The minimum absolute atomic E-state index is 0.119. The molecule has 0 saturated carbocycles. The Morgan fingerprint density at radius 3 is 1.25 bits per heavy atom. The Labute approximate surface area is 570 Å². The second-order valence-electron chi connectivity index (χ2n) is 23.0. The number of amides is 11. The molecule has 524 valence electrons. The van der Waals surface area contributed by atoms with Crippen molar-refractivity contribution < 1.29 is 78.0 Å². The zero-order chi connectivity index (χ0) is 71.3. The first-order valence-corrected chi connectivity index (χ1v) is 32.4. The first-order chi connectivity index (χ1) is 46.3. The standard InChI is InChI=1S/C65H86N14O16S2/c1-35(81)53(63(92)75-47(28-39-20-10-5-11-21-39)61(90)79-54(36(2)82)64(93)76-50(32-80)62(91)77-51(34-97)65(94)95)78-56(85)44(24-14-15-25-66)70-59(88)48(29-40-31-69-43-23-13-12-22-41(40)43)74-58(87)46(27-38-18-8-4-9-19-38)72-57(86)45(26-37-16-6-3-7-17-37)73-60(89)49(30-52(68)83)71-55(84)42(67)33-96/h3-13,16-23,31,35-36,42,44-51,53-54,69,80-82,96-97H,14-15,24-30,32-34,66-67H2,1-2H3,(H2,68,83)(H,70,88)(H,71,84)(H,72,86)(H,73,89)(H,74,87)(H,75,92)(H,76,93)(H,77,91)(H,78,85)(H,79,90)(H,94,95)/t35-,36-,42+,44+,45+,46+,47+,48+,49+,50+,51+,53+,54+/m1/s1. The molecule has 4 aromatic carbocycles. The largest absolute Gasteiger partial charge is 0.480 e. The first-order valence-electron chi connectivity index (χ1n) is 31.1.